The van der Waals surface area contributed by atoms with Gasteiger partial charge in [0.05, 0.1) is 13.2 Å². The molecule has 1 saturated carbocycles. The third kappa shape index (κ3) is 2.30. The minimum atomic E-state index is -0.287. The molecule has 128 valence electrons. The molecule has 0 amide bonds. The molecular formula is C17H22N4O3. The van der Waals surface area contributed by atoms with Crippen molar-refractivity contribution in [1.29, 1.82) is 0 Å². The molecule has 0 atom stereocenters. The van der Waals surface area contributed by atoms with Crippen LogP contribution in [0.4, 0.5) is 0 Å². The Bertz CT molecular complexity index is 870. The molecule has 3 heterocycles. The fourth-order valence-corrected chi connectivity index (χ4v) is 3.88. The molecule has 1 saturated heterocycles. The maximum absolute atomic E-state index is 13.1. The minimum absolute atomic E-state index is 0.111. The first-order valence-electron chi connectivity index (χ1n) is 8.68. The molecule has 7 heteroatoms. The smallest absolute Gasteiger partial charge is 0.332 e. The zero-order valence-corrected chi connectivity index (χ0v) is 13.9. The third-order valence-corrected chi connectivity index (χ3v) is 5.58. The highest BCUT2D eigenvalue weighted by Gasteiger charge is 2.38. The van der Waals surface area contributed by atoms with E-state index in [1.807, 2.05) is 0 Å². The van der Waals surface area contributed by atoms with E-state index < -0.39 is 0 Å². The highest BCUT2D eigenvalue weighted by Crippen LogP contribution is 2.33. The van der Waals surface area contributed by atoms with Crippen molar-refractivity contribution in [2.75, 3.05) is 13.2 Å². The Kier molecular flexibility index (Phi) is 3.75. The monoisotopic (exact) mass is 330 g/mol. The van der Waals surface area contributed by atoms with Crippen molar-refractivity contribution in [2.24, 2.45) is 5.41 Å². The Morgan fingerprint density at radius 1 is 1.29 bits per heavy atom. The Morgan fingerprint density at radius 2 is 2.04 bits per heavy atom. The predicted molar refractivity (Wildman–Crippen MR) is 89.1 cm³/mol. The second-order valence-corrected chi connectivity index (χ2v) is 7.09. The maximum Gasteiger partial charge on any atom is 0.332 e. The second kappa shape index (κ2) is 5.81. The number of fused-ring (bicyclic) bond motifs is 1. The second-order valence-electron chi connectivity index (χ2n) is 7.09. The summed E-state index contributed by atoms with van der Waals surface area (Å²) in [5.41, 5.74) is -0.166. The number of hydrogen-bond acceptors (Lipinski definition) is 5. The van der Waals surface area contributed by atoms with Crippen LogP contribution in [0.5, 0.6) is 0 Å². The number of aromatic nitrogens is 4. The van der Waals surface area contributed by atoms with Gasteiger partial charge in [0.1, 0.15) is 11.7 Å². The summed E-state index contributed by atoms with van der Waals surface area (Å²) < 4.78 is 8.47. The van der Waals surface area contributed by atoms with Crippen molar-refractivity contribution in [3.63, 3.8) is 0 Å². The maximum atomic E-state index is 13.1. The molecule has 0 unspecified atom stereocenters. The van der Waals surface area contributed by atoms with E-state index in [4.69, 9.17) is 4.74 Å². The molecule has 0 aromatic carbocycles. The summed E-state index contributed by atoms with van der Waals surface area (Å²) >= 11 is 0. The molecule has 24 heavy (non-hydrogen) atoms. The molecule has 1 aliphatic carbocycles. The molecule has 4 rings (SSSR count). The Morgan fingerprint density at radius 3 is 2.67 bits per heavy atom. The molecule has 0 radical (unpaired) electrons. The number of hydrogen-bond donors (Lipinski definition) is 0. The van der Waals surface area contributed by atoms with E-state index in [9.17, 15) is 9.59 Å². The van der Waals surface area contributed by atoms with Gasteiger partial charge in [0.15, 0.2) is 5.65 Å². The summed E-state index contributed by atoms with van der Waals surface area (Å²) in [6.07, 6.45) is 7.95. The van der Waals surface area contributed by atoms with Gasteiger partial charge in [0, 0.05) is 24.2 Å². The van der Waals surface area contributed by atoms with Crippen LogP contribution in [0.2, 0.25) is 0 Å². The van der Waals surface area contributed by atoms with Gasteiger partial charge in [-0.05, 0) is 19.3 Å². The first-order chi connectivity index (χ1) is 11.7. The normalized spacial score (nSPS) is 20.4. The lowest BCUT2D eigenvalue weighted by Crippen LogP contribution is -2.51. The van der Waals surface area contributed by atoms with Crippen LogP contribution in [0.1, 0.15) is 45.1 Å². The van der Waals surface area contributed by atoms with Gasteiger partial charge in [-0.1, -0.05) is 19.8 Å². The van der Waals surface area contributed by atoms with Crippen molar-refractivity contribution in [1.82, 2.24) is 19.1 Å². The van der Waals surface area contributed by atoms with Gasteiger partial charge in [-0.3, -0.25) is 13.9 Å². The molecule has 1 aliphatic heterocycles. The van der Waals surface area contributed by atoms with E-state index in [1.165, 1.54) is 17.1 Å². The number of rotatable bonds is 4. The lowest BCUT2D eigenvalue weighted by molar-refractivity contribution is -0.124. The predicted octanol–water partition coefficient (Wildman–Crippen LogP) is 1.49. The van der Waals surface area contributed by atoms with E-state index in [0.29, 0.717) is 30.8 Å². The SMILES string of the molecule is CCC1(Cn2c(=O)c3cncnc3n(C3CCCC3)c2=O)COC1. The van der Waals surface area contributed by atoms with E-state index in [2.05, 4.69) is 16.9 Å². The first-order valence-corrected chi connectivity index (χ1v) is 8.68. The number of ether oxygens (including phenoxy) is 1. The molecule has 0 N–H and O–H groups in total. The third-order valence-electron chi connectivity index (χ3n) is 5.58. The van der Waals surface area contributed by atoms with Crippen molar-refractivity contribution < 1.29 is 4.74 Å². The summed E-state index contributed by atoms with van der Waals surface area (Å²) in [4.78, 5) is 34.3. The molecule has 0 bridgehead atoms. The lowest BCUT2D eigenvalue weighted by Gasteiger charge is -2.41. The molecule has 2 fully saturated rings. The standard InChI is InChI=1S/C17H22N4O3/c1-2-17(9-24-10-17)8-20-15(22)13-7-18-11-19-14(13)21(16(20)23)12-5-3-4-6-12/h7,11-12H,2-6,8-10H2,1H3. The van der Waals surface area contributed by atoms with Crippen LogP contribution in [0.15, 0.2) is 22.1 Å². The summed E-state index contributed by atoms with van der Waals surface area (Å²) in [5.74, 6) is 0. The van der Waals surface area contributed by atoms with Gasteiger partial charge >= 0.3 is 5.69 Å². The van der Waals surface area contributed by atoms with Crippen LogP contribution >= 0.6 is 0 Å². The molecule has 2 aromatic rings. The van der Waals surface area contributed by atoms with Crippen LogP contribution < -0.4 is 11.2 Å². The first kappa shape index (κ1) is 15.5. The van der Waals surface area contributed by atoms with Crippen molar-refractivity contribution in [2.45, 2.75) is 51.6 Å². The average Bonchev–Trinajstić information content (AvgIpc) is 3.08. The van der Waals surface area contributed by atoms with E-state index in [0.717, 1.165) is 32.1 Å². The highest BCUT2D eigenvalue weighted by molar-refractivity contribution is 5.72. The fourth-order valence-electron chi connectivity index (χ4n) is 3.88. The van der Waals surface area contributed by atoms with Crippen molar-refractivity contribution in [3.05, 3.63) is 33.4 Å². The van der Waals surface area contributed by atoms with Crippen LogP contribution in [-0.4, -0.2) is 32.3 Å². The largest absolute Gasteiger partial charge is 0.380 e. The van der Waals surface area contributed by atoms with Gasteiger partial charge in [0.25, 0.3) is 5.56 Å². The molecular weight excluding hydrogens is 308 g/mol. The van der Waals surface area contributed by atoms with Gasteiger partial charge in [-0.15, -0.1) is 0 Å². The summed E-state index contributed by atoms with van der Waals surface area (Å²) in [5, 5.41) is 0.426. The highest BCUT2D eigenvalue weighted by atomic mass is 16.5. The van der Waals surface area contributed by atoms with Crippen LogP contribution in [0, 0.1) is 5.41 Å². The molecule has 2 aliphatic rings. The quantitative estimate of drug-likeness (QED) is 0.849. The number of nitrogens with zero attached hydrogens (tertiary/aromatic N) is 4. The molecule has 7 nitrogen and oxygen atoms in total. The zero-order chi connectivity index (χ0) is 16.7. The summed E-state index contributed by atoms with van der Waals surface area (Å²) in [6.45, 7) is 3.68. The van der Waals surface area contributed by atoms with Crippen molar-refractivity contribution >= 4 is 11.0 Å². The van der Waals surface area contributed by atoms with E-state index in [1.54, 1.807) is 4.57 Å². The summed E-state index contributed by atoms with van der Waals surface area (Å²) in [7, 11) is 0. The topological polar surface area (TPSA) is 79.0 Å². The molecule has 2 aromatic heterocycles. The minimum Gasteiger partial charge on any atom is -0.380 e. The zero-order valence-electron chi connectivity index (χ0n) is 13.9. The van der Waals surface area contributed by atoms with Crippen LogP contribution in [0.25, 0.3) is 11.0 Å². The van der Waals surface area contributed by atoms with Crippen LogP contribution in [0.3, 0.4) is 0 Å². The van der Waals surface area contributed by atoms with Gasteiger partial charge in [0.2, 0.25) is 0 Å². The van der Waals surface area contributed by atoms with Gasteiger partial charge in [-0.2, -0.15) is 0 Å². The fraction of sp³-hybridized carbons (Fsp3) is 0.647. The van der Waals surface area contributed by atoms with Gasteiger partial charge < -0.3 is 4.74 Å². The van der Waals surface area contributed by atoms with Gasteiger partial charge in [-0.25, -0.2) is 14.8 Å². The van der Waals surface area contributed by atoms with Crippen molar-refractivity contribution in [3.8, 4) is 0 Å². The average molecular weight is 330 g/mol. The van der Waals surface area contributed by atoms with Crippen LogP contribution in [-0.2, 0) is 11.3 Å². The van der Waals surface area contributed by atoms with E-state index >= 15 is 0 Å². The Hall–Kier alpha value is -2.02. The Labute approximate surface area is 139 Å². The summed E-state index contributed by atoms with van der Waals surface area (Å²) in [6, 6.07) is 0.122. The molecule has 0 spiro atoms. The Balaban J connectivity index is 1.93. The van der Waals surface area contributed by atoms with E-state index in [-0.39, 0.29) is 22.7 Å². The lowest BCUT2D eigenvalue weighted by atomic mass is 9.83.